The summed E-state index contributed by atoms with van der Waals surface area (Å²) in [5.41, 5.74) is -0.288. The monoisotopic (exact) mass is 983 g/mol. The lowest BCUT2D eigenvalue weighted by Gasteiger charge is -2.50. The van der Waals surface area contributed by atoms with Crippen molar-refractivity contribution in [1.29, 1.82) is 0 Å². The molecule has 1 saturated carbocycles. The largest absolute Gasteiger partial charge is 0.497 e. The number of halogens is 5. The number of carbonyl (C=O) groups excluding carboxylic acids is 2. The van der Waals surface area contributed by atoms with Crippen LogP contribution in [0, 0.1) is 5.82 Å². The molecule has 14 nitrogen and oxygen atoms in total. The number of aromatic nitrogens is 2. The van der Waals surface area contributed by atoms with E-state index in [1.165, 1.54) is 42.3 Å². The number of methoxy groups -OCH3 is 2. The molecule has 0 N–H and O–H groups in total. The highest BCUT2D eigenvalue weighted by molar-refractivity contribution is 7.92. The first kappa shape index (κ1) is 49.6. The molecule has 4 aromatic carbocycles. The van der Waals surface area contributed by atoms with E-state index in [9.17, 15) is 31.2 Å². The lowest BCUT2D eigenvalue weighted by atomic mass is 9.78. The molecule has 2 heterocycles. The van der Waals surface area contributed by atoms with Crippen molar-refractivity contribution < 1.29 is 59.3 Å². The zero-order valence-electron chi connectivity index (χ0n) is 37.8. The highest BCUT2D eigenvalue weighted by Crippen LogP contribution is 2.43. The number of ether oxygens (including phenoxy) is 5. The second-order valence-corrected chi connectivity index (χ2v) is 19.6. The van der Waals surface area contributed by atoms with Gasteiger partial charge in [-0.3, -0.25) is 4.90 Å². The fourth-order valence-electron chi connectivity index (χ4n) is 8.22. The molecule has 68 heavy (non-hydrogen) atoms. The first-order chi connectivity index (χ1) is 32.2. The minimum absolute atomic E-state index is 0.0152. The van der Waals surface area contributed by atoms with Gasteiger partial charge in [0.05, 0.1) is 43.4 Å². The summed E-state index contributed by atoms with van der Waals surface area (Å²) in [7, 11) is -1.92. The van der Waals surface area contributed by atoms with Gasteiger partial charge < -0.3 is 28.6 Å². The van der Waals surface area contributed by atoms with E-state index in [2.05, 4.69) is 9.97 Å². The third-order valence-electron chi connectivity index (χ3n) is 11.6. The molecule has 7 rings (SSSR count). The van der Waals surface area contributed by atoms with E-state index >= 15 is 4.39 Å². The highest BCUT2D eigenvalue weighted by atomic mass is 35.5. The first-order valence-corrected chi connectivity index (χ1v) is 23.4. The molecule has 1 aliphatic heterocycles. The third-order valence-corrected chi connectivity index (χ3v) is 13.6. The molecule has 1 aliphatic carbocycles. The van der Waals surface area contributed by atoms with E-state index in [0.717, 1.165) is 40.5 Å². The van der Waals surface area contributed by atoms with Crippen LogP contribution in [-0.2, 0) is 38.8 Å². The molecule has 0 unspecified atom stereocenters. The zero-order valence-corrected chi connectivity index (χ0v) is 39.4. The molecule has 0 bridgehead atoms. The predicted octanol–water partition coefficient (Wildman–Crippen LogP) is 10.0. The van der Waals surface area contributed by atoms with Gasteiger partial charge in [-0.1, -0.05) is 60.1 Å². The van der Waals surface area contributed by atoms with E-state index in [4.69, 9.17) is 35.3 Å². The molecule has 2 amide bonds. The first-order valence-electron chi connectivity index (χ1n) is 21.5. The molecule has 1 aromatic heterocycles. The molecular formula is C48H50ClF4N5O9S. The third kappa shape index (κ3) is 11.5. The Labute approximate surface area is 396 Å². The van der Waals surface area contributed by atoms with Crippen LogP contribution in [0.15, 0.2) is 108 Å². The van der Waals surface area contributed by atoms with E-state index in [1.807, 2.05) is 30.3 Å². The number of alkyl halides is 3. The van der Waals surface area contributed by atoms with Crippen LogP contribution in [0.1, 0.15) is 68.2 Å². The van der Waals surface area contributed by atoms with Crippen molar-refractivity contribution >= 4 is 39.6 Å². The maximum absolute atomic E-state index is 16.6. The molecule has 2 fully saturated rings. The van der Waals surface area contributed by atoms with Crippen LogP contribution in [0.5, 0.6) is 17.2 Å². The number of benzene rings is 4. The van der Waals surface area contributed by atoms with E-state index in [0.29, 0.717) is 16.9 Å². The Balaban J connectivity index is 1.21. The van der Waals surface area contributed by atoms with Crippen LogP contribution in [0.2, 0.25) is 5.02 Å². The van der Waals surface area contributed by atoms with Gasteiger partial charge in [-0.05, 0) is 81.3 Å². The van der Waals surface area contributed by atoms with E-state index in [1.54, 1.807) is 45.0 Å². The minimum atomic E-state index is -4.79. The molecular weight excluding hydrogens is 934 g/mol. The van der Waals surface area contributed by atoms with Crippen molar-refractivity contribution in [3.05, 3.63) is 137 Å². The number of nitrogens with zero attached hydrogens (tertiary/aromatic N) is 5. The van der Waals surface area contributed by atoms with Gasteiger partial charge in [0.2, 0.25) is 0 Å². The van der Waals surface area contributed by atoms with E-state index in [-0.39, 0.29) is 67.8 Å². The van der Waals surface area contributed by atoms with E-state index < -0.39 is 74.4 Å². The SMILES string of the molecule is COc1ccc(CN(c2ccncn2)S(=O)(=O)c2cc(Cl)c(O[C@H]3CC[C@H](c4cccc(C(F)(F)F)c4)C[C@@H]3N(C(=O)OC(C)(C)C)C3CN(C(=O)OCc4ccccc4)C3)cc2F)c(OC)c1. The van der Waals surface area contributed by atoms with Crippen LogP contribution in [0.3, 0.4) is 0 Å². The second-order valence-electron chi connectivity index (χ2n) is 17.3. The normalized spacial score (nSPS) is 17.7. The Kier molecular flexibility index (Phi) is 14.9. The van der Waals surface area contributed by atoms with Crippen molar-refractivity contribution in [2.75, 3.05) is 31.6 Å². The van der Waals surface area contributed by atoms with Crippen LogP contribution in [-0.4, -0.2) is 91.5 Å². The van der Waals surface area contributed by atoms with Gasteiger partial charge in [0.25, 0.3) is 10.0 Å². The smallest absolute Gasteiger partial charge is 0.416 e. The number of hydrogen-bond acceptors (Lipinski definition) is 11. The van der Waals surface area contributed by atoms with Gasteiger partial charge in [-0.2, -0.15) is 13.2 Å². The summed E-state index contributed by atoms with van der Waals surface area (Å²) in [6.07, 6.45) is -4.05. The Hall–Kier alpha value is -6.34. The maximum atomic E-state index is 16.6. The standard InChI is InChI=1S/C48H50ClF4N5O9S/c1-47(2,3)67-46(60)58(35-26-56(27-35)45(59)65-28-30-10-7-6-8-11-30)39-21-32(31-12-9-13-34(20-31)48(51,52)53)15-17-40(39)66-42-24-38(50)43(23-37(42)49)68(61,62)57(44-18-19-54-29-55-44)25-33-14-16-36(63-4)22-41(33)64-5/h6-14,16,18-20,22-24,29,32,35,39-40H,15,17,21,25-28H2,1-5H3/t32-,39-,40-/m0/s1. The van der Waals surface area contributed by atoms with Crippen molar-refractivity contribution in [2.45, 2.75) is 94.0 Å². The molecule has 0 spiro atoms. The quantitative estimate of drug-likeness (QED) is 0.0979. The average Bonchev–Trinajstić information content (AvgIpc) is 3.29. The fourth-order valence-corrected chi connectivity index (χ4v) is 9.97. The molecule has 0 radical (unpaired) electrons. The number of hydrogen-bond donors (Lipinski definition) is 0. The van der Waals surface area contributed by atoms with Crippen LogP contribution < -0.4 is 18.5 Å². The van der Waals surface area contributed by atoms with Crippen molar-refractivity contribution in [1.82, 2.24) is 19.8 Å². The van der Waals surface area contributed by atoms with Gasteiger partial charge >= 0.3 is 18.4 Å². The summed E-state index contributed by atoms with van der Waals surface area (Å²) in [6.45, 7) is 4.73. The summed E-state index contributed by atoms with van der Waals surface area (Å²) in [6, 6.07) is 20.3. The summed E-state index contributed by atoms with van der Waals surface area (Å²) in [5.74, 6) is -1.36. The Morgan fingerprint density at radius 3 is 2.31 bits per heavy atom. The van der Waals surface area contributed by atoms with Gasteiger partial charge in [0.1, 0.15) is 58.4 Å². The summed E-state index contributed by atoms with van der Waals surface area (Å²) >= 11 is 6.81. The number of sulfonamides is 1. The number of anilines is 1. The molecule has 20 heteroatoms. The summed E-state index contributed by atoms with van der Waals surface area (Å²) in [5, 5.41) is -0.298. The Morgan fingerprint density at radius 2 is 1.65 bits per heavy atom. The van der Waals surface area contributed by atoms with Gasteiger partial charge in [-0.25, -0.2) is 36.7 Å². The van der Waals surface area contributed by atoms with Crippen LogP contribution >= 0.6 is 11.6 Å². The van der Waals surface area contributed by atoms with Crippen molar-refractivity contribution in [2.24, 2.45) is 0 Å². The Morgan fingerprint density at radius 1 is 0.897 bits per heavy atom. The minimum Gasteiger partial charge on any atom is -0.497 e. The predicted molar refractivity (Wildman–Crippen MR) is 243 cm³/mol. The second kappa shape index (κ2) is 20.5. The molecule has 3 atom stereocenters. The Bertz CT molecular complexity index is 2690. The van der Waals surface area contributed by atoms with Crippen LogP contribution in [0.25, 0.3) is 0 Å². The van der Waals surface area contributed by atoms with Gasteiger partial charge in [-0.15, -0.1) is 0 Å². The van der Waals surface area contributed by atoms with Crippen LogP contribution in [0.4, 0.5) is 33.0 Å². The molecule has 2 aliphatic rings. The van der Waals surface area contributed by atoms with Gasteiger partial charge in [0.15, 0.2) is 0 Å². The molecule has 5 aromatic rings. The molecule has 1 saturated heterocycles. The lowest BCUT2D eigenvalue weighted by Crippen LogP contribution is -2.67. The van der Waals surface area contributed by atoms with Crippen molar-refractivity contribution in [3.8, 4) is 17.2 Å². The topological polar surface area (TPSA) is 150 Å². The number of amides is 2. The number of rotatable bonds is 14. The number of carbonyl (C=O) groups is 2. The maximum Gasteiger partial charge on any atom is 0.416 e. The molecule has 362 valence electrons. The van der Waals surface area contributed by atoms with Crippen molar-refractivity contribution in [3.63, 3.8) is 0 Å². The summed E-state index contributed by atoms with van der Waals surface area (Å²) in [4.78, 5) is 37.6. The fraction of sp³-hybridized carbons (Fsp3) is 0.375. The lowest BCUT2D eigenvalue weighted by molar-refractivity contribution is -0.137. The number of likely N-dealkylation sites (tertiary alicyclic amines) is 1. The zero-order chi connectivity index (χ0) is 49.0. The van der Waals surface area contributed by atoms with Gasteiger partial charge in [0, 0.05) is 43.0 Å². The highest BCUT2D eigenvalue weighted by Gasteiger charge is 2.48. The average molecular weight is 984 g/mol. The summed E-state index contributed by atoms with van der Waals surface area (Å²) < 4.78 is 117.